The molecule has 0 heterocycles. The normalized spacial score (nSPS) is 11.3. The van der Waals surface area contributed by atoms with Gasteiger partial charge in [0.15, 0.2) is 9.84 Å². The van der Waals surface area contributed by atoms with E-state index in [1.807, 2.05) is 6.07 Å². The third-order valence-electron chi connectivity index (χ3n) is 3.48. The van der Waals surface area contributed by atoms with Gasteiger partial charge in [0.05, 0.1) is 4.90 Å². The van der Waals surface area contributed by atoms with Gasteiger partial charge in [0.2, 0.25) is 0 Å². The van der Waals surface area contributed by atoms with Gasteiger partial charge in [-0.15, -0.1) is 0 Å². The predicted octanol–water partition coefficient (Wildman–Crippen LogP) is 3.32. The van der Waals surface area contributed by atoms with E-state index in [1.165, 1.54) is 22.9 Å². The van der Waals surface area contributed by atoms with Crippen LogP contribution in [0.2, 0.25) is 0 Å². The van der Waals surface area contributed by atoms with Gasteiger partial charge in [0.1, 0.15) is 0 Å². The summed E-state index contributed by atoms with van der Waals surface area (Å²) < 4.78 is 22.8. The number of rotatable bonds is 4. The number of hydrogen-bond acceptors (Lipinski definition) is 3. The maximum Gasteiger partial charge on any atom is 0.175 e. The van der Waals surface area contributed by atoms with E-state index in [-0.39, 0.29) is 0 Å². The smallest absolute Gasteiger partial charge is 0.175 e. The van der Waals surface area contributed by atoms with Crippen molar-refractivity contribution in [1.29, 1.82) is 0 Å². The van der Waals surface area contributed by atoms with Gasteiger partial charge < -0.3 is 5.32 Å². The number of sulfone groups is 1. The molecule has 2 aromatic rings. The summed E-state index contributed by atoms with van der Waals surface area (Å²) in [7, 11) is -3.13. The molecule has 0 saturated heterocycles. The van der Waals surface area contributed by atoms with Crippen molar-refractivity contribution in [2.75, 3.05) is 11.6 Å². The van der Waals surface area contributed by atoms with Gasteiger partial charge in [0, 0.05) is 18.5 Å². The summed E-state index contributed by atoms with van der Waals surface area (Å²) in [6.07, 6.45) is 1.21. The molecular weight excluding hydrogens is 270 g/mol. The van der Waals surface area contributed by atoms with E-state index in [9.17, 15) is 8.42 Å². The summed E-state index contributed by atoms with van der Waals surface area (Å²) in [5, 5.41) is 3.31. The van der Waals surface area contributed by atoms with Crippen LogP contribution in [0.25, 0.3) is 0 Å². The molecule has 2 rings (SSSR count). The van der Waals surface area contributed by atoms with E-state index in [2.05, 4.69) is 31.3 Å². The van der Waals surface area contributed by atoms with Gasteiger partial charge in [-0.25, -0.2) is 8.42 Å². The van der Waals surface area contributed by atoms with E-state index >= 15 is 0 Å². The van der Waals surface area contributed by atoms with E-state index < -0.39 is 9.84 Å². The van der Waals surface area contributed by atoms with Crippen LogP contribution in [0.3, 0.4) is 0 Å². The van der Waals surface area contributed by atoms with Crippen molar-refractivity contribution in [2.45, 2.75) is 25.3 Å². The van der Waals surface area contributed by atoms with E-state index in [0.29, 0.717) is 4.90 Å². The highest BCUT2D eigenvalue weighted by atomic mass is 32.2. The summed E-state index contributed by atoms with van der Waals surface area (Å²) in [6, 6.07) is 13.1. The van der Waals surface area contributed by atoms with Crippen LogP contribution in [-0.2, 0) is 16.4 Å². The maximum absolute atomic E-state index is 11.4. The lowest BCUT2D eigenvalue weighted by Gasteiger charge is -2.11. The zero-order valence-electron chi connectivity index (χ0n) is 12.0. The molecule has 0 bridgehead atoms. The quantitative estimate of drug-likeness (QED) is 0.939. The molecule has 0 radical (unpaired) electrons. The van der Waals surface area contributed by atoms with Crippen molar-refractivity contribution in [3.8, 4) is 0 Å². The lowest BCUT2D eigenvalue weighted by atomic mass is 10.0. The molecule has 0 aromatic heterocycles. The van der Waals surface area contributed by atoms with Gasteiger partial charge >= 0.3 is 0 Å². The Labute approximate surface area is 120 Å². The fourth-order valence-electron chi connectivity index (χ4n) is 2.02. The minimum absolute atomic E-state index is 0.342. The zero-order valence-corrected chi connectivity index (χ0v) is 12.8. The summed E-state index contributed by atoms with van der Waals surface area (Å²) in [6.45, 7) is 4.94. The van der Waals surface area contributed by atoms with Crippen LogP contribution in [0.1, 0.15) is 16.7 Å². The molecule has 0 aliphatic heterocycles. The molecule has 0 atom stereocenters. The van der Waals surface area contributed by atoms with Gasteiger partial charge in [-0.2, -0.15) is 0 Å². The van der Waals surface area contributed by atoms with Gasteiger partial charge in [-0.1, -0.05) is 18.2 Å². The van der Waals surface area contributed by atoms with Crippen molar-refractivity contribution >= 4 is 15.5 Å². The fraction of sp³-hybridized carbons (Fsp3) is 0.250. The highest BCUT2D eigenvalue weighted by molar-refractivity contribution is 7.90. The third-order valence-corrected chi connectivity index (χ3v) is 4.61. The van der Waals surface area contributed by atoms with Crippen molar-refractivity contribution < 1.29 is 8.42 Å². The SMILES string of the molecule is Cc1cccc(CNc2ccc(S(C)(=O)=O)cc2)c1C. The molecule has 0 saturated carbocycles. The summed E-state index contributed by atoms with van der Waals surface area (Å²) in [5.74, 6) is 0. The van der Waals surface area contributed by atoms with Crippen molar-refractivity contribution in [2.24, 2.45) is 0 Å². The maximum atomic E-state index is 11.4. The van der Waals surface area contributed by atoms with Crippen LogP contribution in [0, 0.1) is 13.8 Å². The number of nitrogens with one attached hydrogen (secondary N) is 1. The molecule has 0 unspecified atom stereocenters. The average molecular weight is 289 g/mol. The highest BCUT2D eigenvalue weighted by Gasteiger charge is 2.06. The first kappa shape index (κ1) is 14.6. The fourth-order valence-corrected chi connectivity index (χ4v) is 2.65. The highest BCUT2D eigenvalue weighted by Crippen LogP contribution is 2.17. The minimum atomic E-state index is -3.13. The predicted molar refractivity (Wildman–Crippen MR) is 82.8 cm³/mol. The Bertz CT molecular complexity index is 704. The van der Waals surface area contributed by atoms with E-state index in [4.69, 9.17) is 0 Å². The Balaban J connectivity index is 2.10. The van der Waals surface area contributed by atoms with Crippen LogP contribution in [0.4, 0.5) is 5.69 Å². The molecule has 1 N–H and O–H groups in total. The molecular formula is C16H19NO2S. The Morgan fingerprint density at radius 2 is 1.65 bits per heavy atom. The Morgan fingerprint density at radius 3 is 2.25 bits per heavy atom. The van der Waals surface area contributed by atoms with Crippen LogP contribution in [0.5, 0.6) is 0 Å². The van der Waals surface area contributed by atoms with Crippen LogP contribution < -0.4 is 5.32 Å². The molecule has 20 heavy (non-hydrogen) atoms. The number of hydrogen-bond donors (Lipinski definition) is 1. The second-order valence-electron chi connectivity index (χ2n) is 5.01. The minimum Gasteiger partial charge on any atom is -0.381 e. The van der Waals surface area contributed by atoms with Gasteiger partial charge in [-0.3, -0.25) is 0 Å². The molecule has 0 amide bonds. The topological polar surface area (TPSA) is 46.2 Å². The lowest BCUT2D eigenvalue weighted by molar-refractivity contribution is 0.602. The summed E-state index contributed by atoms with van der Waals surface area (Å²) in [5.41, 5.74) is 4.72. The van der Waals surface area contributed by atoms with E-state index in [0.717, 1.165) is 12.2 Å². The molecule has 106 valence electrons. The first-order valence-corrected chi connectivity index (χ1v) is 8.36. The van der Waals surface area contributed by atoms with Crippen molar-refractivity contribution in [3.05, 3.63) is 59.2 Å². The lowest BCUT2D eigenvalue weighted by Crippen LogP contribution is -2.03. The number of anilines is 1. The third kappa shape index (κ3) is 3.39. The molecule has 0 spiro atoms. The molecule has 0 fully saturated rings. The first-order valence-electron chi connectivity index (χ1n) is 6.47. The monoisotopic (exact) mass is 289 g/mol. The van der Waals surface area contributed by atoms with Crippen molar-refractivity contribution in [3.63, 3.8) is 0 Å². The van der Waals surface area contributed by atoms with Crippen LogP contribution in [-0.4, -0.2) is 14.7 Å². The zero-order chi connectivity index (χ0) is 14.8. The molecule has 4 heteroatoms. The molecule has 2 aromatic carbocycles. The molecule has 0 aliphatic rings. The number of benzene rings is 2. The summed E-state index contributed by atoms with van der Waals surface area (Å²) in [4.78, 5) is 0.342. The second-order valence-corrected chi connectivity index (χ2v) is 7.02. The summed E-state index contributed by atoms with van der Waals surface area (Å²) >= 11 is 0. The Hall–Kier alpha value is -1.81. The standard InChI is InChI=1S/C16H19NO2S/c1-12-5-4-6-14(13(12)2)11-17-15-7-9-16(10-8-15)20(3,18)19/h4-10,17H,11H2,1-3H3. The first-order chi connectivity index (χ1) is 9.38. The van der Waals surface area contributed by atoms with Crippen LogP contribution >= 0.6 is 0 Å². The van der Waals surface area contributed by atoms with Crippen LogP contribution in [0.15, 0.2) is 47.4 Å². The molecule has 0 aliphatic carbocycles. The number of aryl methyl sites for hydroxylation is 1. The van der Waals surface area contributed by atoms with E-state index in [1.54, 1.807) is 24.3 Å². The Morgan fingerprint density at radius 1 is 1.00 bits per heavy atom. The van der Waals surface area contributed by atoms with Gasteiger partial charge in [0.25, 0.3) is 0 Å². The van der Waals surface area contributed by atoms with Gasteiger partial charge in [-0.05, 0) is 54.8 Å². The largest absolute Gasteiger partial charge is 0.381 e. The average Bonchev–Trinajstić information content (AvgIpc) is 2.40. The second kappa shape index (κ2) is 5.67. The Kier molecular flexibility index (Phi) is 4.14. The molecule has 3 nitrogen and oxygen atoms in total. The van der Waals surface area contributed by atoms with Crippen molar-refractivity contribution in [1.82, 2.24) is 0 Å².